The molecule has 0 bridgehead atoms. The minimum atomic E-state index is -0.584. The number of aromatic amines is 2. The summed E-state index contributed by atoms with van der Waals surface area (Å²) in [5, 5.41) is 5.20. The first-order valence-electron chi connectivity index (χ1n) is 8.61. The fourth-order valence-corrected chi connectivity index (χ4v) is 3.67. The summed E-state index contributed by atoms with van der Waals surface area (Å²) < 4.78 is 19.3. The molecule has 0 fully saturated rings. The number of carbonyl (C=O) groups excluding carboxylic acids is 1. The Balaban J connectivity index is 1.41. The van der Waals surface area contributed by atoms with Crippen LogP contribution < -0.4 is 10.1 Å². The van der Waals surface area contributed by atoms with Crippen LogP contribution in [0.1, 0.15) is 11.3 Å². The van der Waals surface area contributed by atoms with Crippen molar-refractivity contribution < 1.29 is 13.9 Å². The first kappa shape index (κ1) is 18.7. The number of fused-ring (bicyclic) bond motifs is 2. The summed E-state index contributed by atoms with van der Waals surface area (Å²) in [5.41, 5.74) is 2.97. The van der Waals surface area contributed by atoms with Crippen molar-refractivity contribution >= 4 is 51.1 Å². The van der Waals surface area contributed by atoms with Gasteiger partial charge in [0, 0.05) is 44.6 Å². The van der Waals surface area contributed by atoms with Crippen LogP contribution in [0.15, 0.2) is 36.4 Å². The van der Waals surface area contributed by atoms with Crippen LogP contribution in [0.2, 0.25) is 10.0 Å². The third kappa shape index (κ3) is 3.66. The highest BCUT2D eigenvalue weighted by Crippen LogP contribution is 2.28. The van der Waals surface area contributed by atoms with E-state index in [0.29, 0.717) is 39.8 Å². The van der Waals surface area contributed by atoms with E-state index in [0.717, 1.165) is 22.2 Å². The van der Waals surface area contributed by atoms with Crippen molar-refractivity contribution in [2.45, 2.75) is 13.3 Å². The van der Waals surface area contributed by atoms with Crippen molar-refractivity contribution in [2.75, 3.05) is 6.54 Å². The Labute approximate surface area is 169 Å². The molecule has 0 atom stereocenters. The Morgan fingerprint density at radius 1 is 1.14 bits per heavy atom. The van der Waals surface area contributed by atoms with Gasteiger partial charge in [0.05, 0.1) is 5.52 Å². The van der Waals surface area contributed by atoms with E-state index in [1.54, 1.807) is 24.3 Å². The molecule has 0 saturated heterocycles. The second-order valence-corrected chi connectivity index (χ2v) is 7.34. The Kier molecular flexibility index (Phi) is 4.91. The van der Waals surface area contributed by atoms with Crippen molar-refractivity contribution in [3.63, 3.8) is 0 Å². The fourth-order valence-electron chi connectivity index (χ4n) is 3.28. The number of rotatable bonds is 4. The van der Waals surface area contributed by atoms with Gasteiger partial charge in [-0.15, -0.1) is 0 Å². The Hall–Kier alpha value is -2.70. The molecule has 4 rings (SSSR count). The molecule has 144 valence electrons. The number of hydrogen-bond acceptors (Lipinski definition) is 2. The van der Waals surface area contributed by atoms with Crippen LogP contribution in [0.25, 0.3) is 21.8 Å². The minimum Gasteiger partial charge on any atom is -0.393 e. The molecule has 0 aliphatic carbocycles. The maximum absolute atomic E-state index is 14.0. The van der Waals surface area contributed by atoms with Gasteiger partial charge in [0.25, 0.3) is 0 Å². The molecule has 0 saturated carbocycles. The summed E-state index contributed by atoms with van der Waals surface area (Å²) in [6.07, 6.45) is -0.0809. The van der Waals surface area contributed by atoms with Crippen LogP contribution in [0.5, 0.6) is 5.88 Å². The van der Waals surface area contributed by atoms with Crippen molar-refractivity contribution in [2.24, 2.45) is 0 Å². The topological polar surface area (TPSA) is 69.9 Å². The third-order valence-corrected chi connectivity index (χ3v) is 5.00. The van der Waals surface area contributed by atoms with Crippen LogP contribution in [-0.4, -0.2) is 22.6 Å². The molecule has 2 aromatic heterocycles. The van der Waals surface area contributed by atoms with Gasteiger partial charge in [-0.05, 0) is 49.2 Å². The van der Waals surface area contributed by atoms with Crippen LogP contribution in [-0.2, 0) is 6.42 Å². The molecule has 28 heavy (non-hydrogen) atoms. The zero-order valence-corrected chi connectivity index (χ0v) is 16.3. The molecule has 3 N–H and O–H groups in total. The number of hydrogen-bond donors (Lipinski definition) is 3. The average Bonchev–Trinajstić information content (AvgIpc) is 3.15. The largest absolute Gasteiger partial charge is 0.413 e. The number of halogens is 3. The van der Waals surface area contributed by atoms with E-state index >= 15 is 0 Å². The summed E-state index contributed by atoms with van der Waals surface area (Å²) in [7, 11) is 0. The van der Waals surface area contributed by atoms with Gasteiger partial charge < -0.3 is 20.0 Å². The van der Waals surface area contributed by atoms with Gasteiger partial charge in [-0.3, -0.25) is 0 Å². The van der Waals surface area contributed by atoms with Crippen molar-refractivity contribution in [1.82, 2.24) is 15.3 Å². The van der Waals surface area contributed by atoms with Gasteiger partial charge in [0.1, 0.15) is 5.82 Å². The van der Waals surface area contributed by atoms with Gasteiger partial charge >= 0.3 is 6.09 Å². The summed E-state index contributed by atoms with van der Waals surface area (Å²) >= 11 is 11.9. The summed E-state index contributed by atoms with van der Waals surface area (Å²) in [6, 6.07) is 10.0. The standard InChI is InChI=1S/C20H16Cl2FN3O2/c1-10-14(15-8-13(22)9-16(23)19(15)25-10)4-5-24-20(27)28-18-7-11-6-12(21)2-3-17(11)26-18/h2-3,6-9,25-26H,4-5H2,1H3,(H,24,27). The van der Waals surface area contributed by atoms with Gasteiger partial charge in [0.2, 0.25) is 5.88 Å². The van der Waals surface area contributed by atoms with Crippen molar-refractivity contribution in [3.05, 3.63) is 63.5 Å². The predicted molar refractivity (Wildman–Crippen MR) is 109 cm³/mol. The third-order valence-electron chi connectivity index (χ3n) is 4.55. The van der Waals surface area contributed by atoms with Crippen molar-refractivity contribution in [3.8, 4) is 5.88 Å². The number of aromatic nitrogens is 2. The number of H-pyrrole nitrogens is 2. The lowest BCUT2D eigenvalue weighted by Gasteiger charge is -2.06. The molecule has 0 aliphatic heterocycles. The Morgan fingerprint density at radius 2 is 1.96 bits per heavy atom. The SMILES string of the molecule is Cc1[nH]c2c(F)cc(Cl)cc2c1CCNC(=O)Oc1cc2cc(Cl)ccc2[nH]1. The molecule has 0 spiro atoms. The second kappa shape index (κ2) is 7.37. The Bertz CT molecular complexity index is 1200. The van der Waals surface area contributed by atoms with E-state index < -0.39 is 11.9 Å². The van der Waals surface area contributed by atoms with Gasteiger partial charge in [-0.25, -0.2) is 9.18 Å². The van der Waals surface area contributed by atoms with E-state index in [2.05, 4.69) is 15.3 Å². The van der Waals surface area contributed by atoms with E-state index in [-0.39, 0.29) is 0 Å². The molecule has 1 amide bonds. The normalized spacial score (nSPS) is 11.3. The molecular weight excluding hydrogens is 404 g/mol. The number of aryl methyl sites for hydroxylation is 1. The Morgan fingerprint density at radius 3 is 2.79 bits per heavy atom. The summed E-state index contributed by atoms with van der Waals surface area (Å²) in [5.74, 6) is -0.0740. The minimum absolute atomic E-state index is 0.326. The van der Waals surface area contributed by atoms with E-state index in [4.69, 9.17) is 27.9 Å². The average molecular weight is 420 g/mol. The van der Waals surface area contributed by atoms with Crippen LogP contribution in [0.4, 0.5) is 9.18 Å². The van der Waals surface area contributed by atoms with Crippen LogP contribution >= 0.6 is 23.2 Å². The smallest absolute Gasteiger partial charge is 0.393 e. The zero-order chi connectivity index (χ0) is 19.8. The number of benzene rings is 2. The highest BCUT2D eigenvalue weighted by Gasteiger charge is 2.14. The number of amides is 1. The molecule has 2 heterocycles. The summed E-state index contributed by atoms with van der Waals surface area (Å²) in [4.78, 5) is 18.1. The molecule has 0 unspecified atom stereocenters. The predicted octanol–water partition coefficient (Wildman–Crippen LogP) is 5.73. The summed E-state index contributed by atoms with van der Waals surface area (Å²) in [6.45, 7) is 2.18. The number of ether oxygens (including phenoxy) is 1. The van der Waals surface area contributed by atoms with Gasteiger partial charge in [-0.2, -0.15) is 0 Å². The maximum Gasteiger partial charge on any atom is 0.413 e. The van der Waals surface area contributed by atoms with E-state index in [1.807, 2.05) is 13.0 Å². The van der Waals surface area contributed by atoms with Crippen molar-refractivity contribution in [1.29, 1.82) is 0 Å². The first-order valence-corrected chi connectivity index (χ1v) is 9.36. The van der Waals surface area contributed by atoms with E-state index in [9.17, 15) is 9.18 Å². The maximum atomic E-state index is 14.0. The molecule has 0 aliphatic rings. The van der Waals surface area contributed by atoms with E-state index in [1.165, 1.54) is 6.07 Å². The first-order chi connectivity index (χ1) is 13.4. The molecule has 8 heteroatoms. The highest BCUT2D eigenvalue weighted by molar-refractivity contribution is 6.31. The van der Waals surface area contributed by atoms with Gasteiger partial charge in [0.15, 0.2) is 0 Å². The van der Waals surface area contributed by atoms with Crippen LogP contribution in [0.3, 0.4) is 0 Å². The zero-order valence-electron chi connectivity index (χ0n) is 14.8. The molecule has 5 nitrogen and oxygen atoms in total. The molecule has 0 radical (unpaired) electrons. The van der Waals surface area contributed by atoms with Crippen LogP contribution in [0, 0.1) is 12.7 Å². The lowest BCUT2D eigenvalue weighted by atomic mass is 10.1. The lowest BCUT2D eigenvalue weighted by Crippen LogP contribution is -2.28. The quantitative estimate of drug-likeness (QED) is 0.394. The number of carbonyl (C=O) groups is 1. The molecular formula is C20H16Cl2FN3O2. The number of nitrogens with one attached hydrogen (secondary N) is 3. The molecule has 4 aromatic rings. The monoisotopic (exact) mass is 419 g/mol. The fraction of sp³-hybridized carbons (Fsp3) is 0.150. The second-order valence-electron chi connectivity index (χ2n) is 6.47. The lowest BCUT2D eigenvalue weighted by molar-refractivity contribution is 0.199. The van der Waals surface area contributed by atoms with Gasteiger partial charge in [-0.1, -0.05) is 23.2 Å². The highest BCUT2D eigenvalue weighted by atomic mass is 35.5. The molecule has 2 aromatic carbocycles.